The van der Waals surface area contributed by atoms with E-state index in [0.29, 0.717) is 0 Å². The maximum Gasteiger partial charge on any atom is 0.0979 e. The maximum atomic E-state index is 5.26. The van der Waals surface area contributed by atoms with Gasteiger partial charge in [0.2, 0.25) is 0 Å². The van der Waals surface area contributed by atoms with Gasteiger partial charge in [0.15, 0.2) is 0 Å². The minimum absolute atomic E-state index is 0.867. The SMILES string of the molecule is c1cc(-c2cccc(-c3ccc(-c4ccc5sc6ccccc6c5c4)c4ccccc34)c2)cc(-c2cnc3c4ccccc4c4ccccc4c3n2)c1. The van der Waals surface area contributed by atoms with Gasteiger partial charge in [-0.3, -0.25) is 4.98 Å². The highest BCUT2D eigenvalue weighted by atomic mass is 32.1. The molecule has 0 N–H and O–H groups in total. The van der Waals surface area contributed by atoms with Gasteiger partial charge in [-0.25, -0.2) is 4.98 Å². The van der Waals surface area contributed by atoms with Crippen molar-refractivity contribution in [3.05, 3.63) is 182 Å². The van der Waals surface area contributed by atoms with Crippen LogP contribution in [0.3, 0.4) is 0 Å². The van der Waals surface area contributed by atoms with E-state index in [-0.39, 0.29) is 0 Å². The van der Waals surface area contributed by atoms with Crippen molar-refractivity contribution in [1.29, 1.82) is 0 Å². The van der Waals surface area contributed by atoms with Crippen LogP contribution in [0.4, 0.5) is 0 Å². The molecule has 2 aromatic heterocycles. The summed E-state index contributed by atoms with van der Waals surface area (Å²) in [7, 11) is 0. The highest BCUT2D eigenvalue weighted by Gasteiger charge is 2.15. The fraction of sp³-hybridized carbons (Fsp3) is 0. The molecule has 2 heterocycles. The lowest BCUT2D eigenvalue weighted by Crippen LogP contribution is -1.92. The smallest absolute Gasteiger partial charge is 0.0979 e. The zero-order chi connectivity index (χ0) is 34.9. The molecule has 53 heavy (non-hydrogen) atoms. The van der Waals surface area contributed by atoms with Gasteiger partial charge in [-0.05, 0) is 85.3 Å². The molecule has 0 aliphatic rings. The average Bonchev–Trinajstić information content (AvgIpc) is 3.61. The van der Waals surface area contributed by atoms with Crippen LogP contribution in [0.2, 0.25) is 0 Å². The number of aromatic nitrogens is 2. The van der Waals surface area contributed by atoms with Crippen LogP contribution in [0.25, 0.3) is 108 Å². The Hall–Kier alpha value is -6.68. The topological polar surface area (TPSA) is 25.8 Å². The molecule has 0 atom stereocenters. The number of hydrogen-bond donors (Lipinski definition) is 0. The summed E-state index contributed by atoms with van der Waals surface area (Å²) < 4.78 is 2.66. The largest absolute Gasteiger partial charge is 0.252 e. The summed E-state index contributed by atoms with van der Waals surface area (Å²) >= 11 is 1.86. The van der Waals surface area contributed by atoms with Gasteiger partial charge in [0, 0.05) is 36.5 Å². The summed E-state index contributed by atoms with van der Waals surface area (Å²) in [6, 6.07) is 63.6. The van der Waals surface area contributed by atoms with E-state index in [0.717, 1.165) is 44.2 Å². The minimum Gasteiger partial charge on any atom is -0.252 e. The van der Waals surface area contributed by atoms with E-state index in [9.17, 15) is 0 Å². The van der Waals surface area contributed by atoms with Crippen molar-refractivity contribution in [2.24, 2.45) is 0 Å². The summed E-state index contributed by atoms with van der Waals surface area (Å²) in [5.41, 5.74) is 11.0. The van der Waals surface area contributed by atoms with Crippen molar-refractivity contribution < 1.29 is 0 Å². The highest BCUT2D eigenvalue weighted by Crippen LogP contribution is 2.41. The van der Waals surface area contributed by atoms with E-state index in [2.05, 4.69) is 176 Å². The van der Waals surface area contributed by atoms with Gasteiger partial charge in [0.1, 0.15) is 0 Å². The third kappa shape index (κ3) is 4.86. The van der Waals surface area contributed by atoms with E-state index in [1.807, 2.05) is 17.5 Å². The Morgan fingerprint density at radius 3 is 1.53 bits per heavy atom. The molecule has 11 rings (SSSR count). The molecule has 0 saturated carbocycles. The molecule has 0 radical (unpaired) electrons. The zero-order valence-electron chi connectivity index (χ0n) is 28.6. The third-order valence-corrected chi connectivity index (χ3v) is 11.9. The van der Waals surface area contributed by atoms with E-state index in [4.69, 9.17) is 9.97 Å². The van der Waals surface area contributed by atoms with E-state index >= 15 is 0 Å². The Labute approximate surface area is 310 Å². The first kappa shape index (κ1) is 30.0. The van der Waals surface area contributed by atoms with E-state index in [1.165, 1.54) is 64.0 Å². The fourth-order valence-electron chi connectivity index (χ4n) is 8.18. The molecular weight excluding hydrogens is 661 g/mol. The normalized spacial score (nSPS) is 11.8. The Morgan fingerprint density at radius 1 is 0.321 bits per heavy atom. The first-order valence-corrected chi connectivity index (χ1v) is 18.8. The standard InChI is InChI=1S/C50H30N2S/c1-2-16-39-37(34-23-26-48-45(29-34)42-19-7-8-22-47(42)53-48)25-24-36(38(39)15-1)33-13-9-11-31(27-33)32-12-10-14-35(28-32)46-30-51-49-43-20-5-3-17-40(43)41-18-4-6-21-44(41)50(49)52-46/h1-30H. The number of thiophene rings is 1. The minimum atomic E-state index is 0.867. The molecule has 0 aliphatic carbocycles. The molecule has 0 amide bonds. The van der Waals surface area contributed by atoms with Crippen LogP contribution in [0.1, 0.15) is 0 Å². The van der Waals surface area contributed by atoms with Crippen LogP contribution in [0, 0.1) is 0 Å². The molecule has 246 valence electrons. The molecule has 0 fully saturated rings. The summed E-state index contributed by atoms with van der Waals surface area (Å²) in [5.74, 6) is 0. The molecule has 11 aromatic rings. The Bertz CT molecular complexity index is 3210. The average molecular weight is 691 g/mol. The number of rotatable bonds is 4. The van der Waals surface area contributed by atoms with Crippen LogP contribution >= 0.6 is 11.3 Å². The Kier molecular flexibility index (Phi) is 6.76. The van der Waals surface area contributed by atoms with E-state index < -0.39 is 0 Å². The molecule has 2 nitrogen and oxygen atoms in total. The van der Waals surface area contributed by atoms with Crippen LogP contribution in [0.15, 0.2) is 182 Å². The van der Waals surface area contributed by atoms with Gasteiger partial charge in [-0.15, -0.1) is 11.3 Å². The summed E-state index contributed by atoms with van der Waals surface area (Å²) in [6.07, 6.45) is 1.92. The summed E-state index contributed by atoms with van der Waals surface area (Å²) in [4.78, 5) is 10.3. The number of fused-ring (bicyclic) bond motifs is 10. The van der Waals surface area contributed by atoms with Crippen molar-refractivity contribution in [3.63, 3.8) is 0 Å². The number of nitrogens with zero attached hydrogens (tertiary/aromatic N) is 2. The molecule has 3 heteroatoms. The first-order chi connectivity index (χ1) is 26.3. The molecule has 0 bridgehead atoms. The maximum absolute atomic E-state index is 5.26. The molecule has 0 spiro atoms. The Balaban J connectivity index is 0.993. The molecule has 0 unspecified atom stereocenters. The van der Waals surface area contributed by atoms with Gasteiger partial charge in [-0.2, -0.15) is 0 Å². The molecule has 0 aliphatic heterocycles. The van der Waals surface area contributed by atoms with Gasteiger partial charge >= 0.3 is 0 Å². The second kappa shape index (κ2) is 11.9. The van der Waals surface area contributed by atoms with Crippen molar-refractivity contribution in [2.75, 3.05) is 0 Å². The molecular formula is C50H30N2S. The predicted molar refractivity (Wildman–Crippen MR) is 227 cm³/mol. The van der Waals surface area contributed by atoms with Gasteiger partial charge in [-0.1, -0.05) is 146 Å². The third-order valence-electron chi connectivity index (χ3n) is 10.7. The molecule has 9 aromatic carbocycles. The van der Waals surface area contributed by atoms with Crippen molar-refractivity contribution >= 4 is 74.9 Å². The lowest BCUT2D eigenvalue weighted by Gasteiger charge is -2.14. The lowest BCUT2D eigenvalue weighted by atomic mass is 9.90. The first-order valence-electron chi connectivity index (χ1n) is 18.0. The van der Waals surface area contributed by atoms with Crippen molar-refractivity contribution in [1.82, 2.24) is 9.97 Å². The number of benzene rings is 9. The van der Waals surface area contributed by atoms with Crippen molar-refractivity contribution in [2.45, 2.75) is 0 Å². The Morgan fingerprint density at radius 2 is 0.830 bits per heavy atom. The summed E-state index contributed by atoms with van der Waals surface area (Å²) in [6.45, 7) is 0. The monoisotopic (exact) mass is 690 g/mol. The van der Waals surface area contributed by atoms with Crippen LogP contribution in [-0.4, -0.2) is 9.97 Å². The van der Waals surface area contributed by atoms with Gasteiger partial charge in [0.05, 0.1) is 22.9 Å². The second-order valence-corrected chi connectivity index (χ2v) is 14.8. The van der Waals surface area contributed by atoms with E-state index in [1.54, 1.807) is 0 Å². The van der Waals surface area contributed by atoms with Crippen LogP contribution in [0.5, 0.6) is 0 Å². The second-order valence-electron chi connectivity index (χ2n) is 13.7. The van der Waals surface area contributed by atoms with Gasteiger partial charge in [0.25, 0.3) is 0 Å². The van der Waals surface area contributed by atoms with Crippen LogP contribution in [-0.2, 0) is 0 Å². The predicted octanol–water partition coefficient (Wildman–Crippen LogP) is 14.1. The fourth-order valence-corrected chi connectivity index (χ4v) is 9.27. The van der Waals surface area contributed by atoms with Gasteiger partial charge < -0.3 is 0 Å². The van der Waals surface area contributed by atoms with Crippen LogP contribution < -0.4 is 0 Å². The summed E-state index contributed by atoms with van der Waals surface area (Å²) in [5, 5.41) is 9.81. The van der Waals surface area contributed by atoms with Crippen molar-refractivity contribution in [3.8, 4) is 44.6 Å². The highest BCUT2D eigenvalue weighted by molar-refractivity contribution is 7.25. The zero-order valence-corrected chi connectivity index (χ0v) is 29.4. The quantitative estimate of drug-likeness (QED) is 0.172. The number of hydrogen-bond acceptors (Lipinski definition) is 3. The lowest BCUT2D eigenvalue weighted by molar-refractivity contribution is 1.31. The molecule has 0 saturated heterocycles.